The molecule has 0 spiro atoms. The van der Waals surface area contributed by atoms with E-state index < -0.39 is 0 Å². The summed E-state index contributed by atoms with van der Waals surface area (Å²) >= 11 is 0. The lowest BCUT2D eigenvalue weighted by Crippen LogP contribution is -2.27. The van der Waals surface area contributed by atoms with Gasteiger partial charge in [-0.1, -0.05) is 30.5 Å². The minimum absolute atomic E-state index is 0.0192. The third kappa shape index (κ3) is 4.18. The van der Waals surface area contributed by atoms with Gasteiger partial charge in [-0.2, -0.15) is 0 Å². The number of amidine groups is 1. The van der Waals surface area contributed by atoms with Crippen LogP contribution < -0.4 is 15.8 Å². The van der Waals surface area contributed by atoms with E-state index in [1.807, 2.05) is 12.1 Å². The van der Waals surface area contributed by atoms with Crippen molar-refractivity contribution in [2.75, 3.05) is 7.11 Å². The van der Waals surface area contributed by atoms with E-state index in [2.05, 4.69) is 23.3 Å². The second-order valence-electron chi connectivity index (χ2n) is 4.41. The van der Waals surface area contributed by atoms with Crippen LogP contribution in [0.4, 0.5) is 0 Å². The Hall–Kier alpha value is -2.19. The molecule has 1 aromatic carbocycles. The van der Waals surface area contributed by atoms with Gasteiger partial charge in [-0.25, -0.2) is 0 Å². The number of benzene rings is 1. The minimum atomic E-state index is 0.0192. The molecular formula is C15H21N3O2. The standard InChI is InChI=1S/C15H21N3O2/c1-4-6-12(5-2)17-10-11-7-8-14(20-3)13(9-11)15(16)18-19/h2,7-9,12,17,19H,4,6,10H2,1,3H3,(H2,16,18). The third-order valence-corrected chi connectivity index (χ3v) is 2.98. The molecule has 1 unspecified atom stereocenters. The first-order valence-corrected chi connectivity index (χ1v) is 6.50. The molecular weight excluding hydrogens is 254 g/mol. The Kier molecular flexibility index (Phi) is 6.41. The monoisotopic (exact) mass is 275 g/mol. The van der Waals surface area contributed by atoms with Crippen molar-refractivity contribution in [3.05, 3.63) is 29.3 Å². The smallest absolute Gasteiger partial charge is 0.173 e. The molecule has 0 amide bonds. The molecule has 0 aliphatic carbocycles. The highest BCUT2D eigenvalue weighted by molar-refractivity contribution is 5.99. The molecule has 0 saturated carbocycles. The van der Waals surface area contributed by atoms with Crippen LogP contribution in [0.3, 0.4) is 0 Å². The van der Waals surface area contributed by atoms with Crippen LogP contribution in [0.1, 0.15) is 30.9 Å². The van der Waals surface area contributed by atoms with Crippen molar-refractivity contribution in [2.24, 2.45) is 10.9 Å². The predicted molar refractivity (Wildman–Crippen MR) is 79.9 cm³/mol. The van der Waals surface area contributed by atoms with Crippen molar-refractivity contribution in [1.29, 1.82) is 0 Å². The van der Waals surface area contributed by atoms with Gasteiger partial charge < -0.3 is 15.7 Å². The Labute approximate surface area is 119 Å². The van der Waals surface area contributed by atoms with E-state index in [1.54, 1.807) is 6.07 Å². The zero-order valence-electron chi connectivity index (χ0n) is 11.9. The Morgan fingerprint density at radius 1 is 1.60 bits per heavy atom. The van der Waals surface area contributed by atoms with Gasteiger partial charge in [0.15, 0.2) is 5.84 Å². The summed E-state index contributed by atoms with van der Waals surface area (Å²) < 4.78 is 5.18. The Morgan fingerprint density at radius 3 is 2.90 bits per heavy atom. The highest BCUT2D eigenvalue weighted by atomic mass is 16.5. The number of nitrogens with zero attached hydrogens (tertiary/aromatic N) is 1. The van der Waals surface area contributed by atoms with Crippen molar-refractivity contribution >= 4 is 5.84 Å². The number of nitrogens with one attached hydrogen (secondary N) is 1. The van der Waals surface area contributed by atoms with Crippen molar-refractivity contribution in [1.82, 2.24) is 5.32 Å². The lowest BCUT2D eigenvalue weighted by Gasteiger charge is -2.13. The fourth-order valence-corrected chi connectivity index (χ4v) is 1.89. The molecule has 1 aromatic rings. The largest absolute Gasteiger partial charge is 0.496 e. The molecule has 0 saturated heterocycles. The first kappa shape index (κ1) is 15.9. The molecule has 5 heteroatoms. The summed E-state index contributed by atoms with van der Waals surface area (Å²) in [6.45, 7) is 2.71. The Bertz CT molecular complexity index is 506. The quantitative estimate of drug-likeness (QED) is 0.232. The SMILES string of the molecule is C#CC(CCC)NCc1ccc(OC)c(/C(N)=N/O)c1. The van der Waals surface area contributed by atoms with E-state index in [4.69, 9.17) is 22.1 Å². The normalized spacial score (nSPS) is 12.8. The minimum Gasteiger partial charge on any atom is -0.496 e. The van der Waals surface area contributed by atoms with Gasteiger partial charge in [0.05, 0.1) is 18.7 Å². The van der Waals surface area contributed by atoms with E-state index in [-0.39, 0.29) is 11.9 Å². The maximum Gasteiger partial charge on any atom is 0.173 e. The lowest BCUT2D eigenvalue weighted by atomic mass is 10.1. The first-order chi connectivity index (χ1) is 9.65. The zero-order valence-corrected chi connectivity index (χ0v) is 11.9. The van der Waals surface area contributed by atoms with Crippen LogP contribution in [-0.2, 0) is 6.54 Å². The van der Waals surface area contributed by atoms with Crippen LogP contribution in [0.5, 0.6) is 5.75 Å². The summed E-state index contributed by atoms with van der Waals surface area (Å²) in [5, 5.41) is 15.1. The van der Waals surface area contributed by atoms with Crippen molar-refractivity contribution in [2.45, 2.75) is 32.4 Å². The molecule has 0 aromatic heterocycles. The number of nitrogens with two attached hydrogens (primary N) is 1. The summed E-state index contributed by atoms with van der Waals surface area (Å²) in [6, 6.07) is 5.57. The average molecular weight is 275 g/mol. The van der Waals surface area contributed by atoms with E-state index in [0.29, 0.717) is 17.9 Å². The second kappa shape index (κ2) is 8.08. The van der Waals surface area contributed by atoms with Gasteiger partial charge in [-0.15, -0.1) is 6.42 Å². The van der Waals surface area contributed by atoms with E-state index in [0.717, 1.165) is 18.4 Å². The molecule has 20 heavy (non-hydrogen) atoms. The Morgan fingerprint density at radius 2 is 2.35 bits per heavy atom. The number of methoxy groups -OCH3 is 1. The first-order valence-electron chi connectivity index (χ1n) is 6.50. The van der Waals surface area contributed by atoms with E-state index in [1.165, 1.54) is 7.11 Å². The molecule has 0 radical (unpaired) electrons. The lowest BCUT2D eigenvalue weighted by molar-refractivity contribution is 0.318. The predicted octanol–water partition coefficient (Wildman–Crippen LogP) is 1.68. The van der Waals surface area contributed by atoms with Gasteiger partial charge in [0.2, 0.25) is 0 Å². The molecule has 108 valence electrons. The van der Waals surface area contributed by atoms with Crippen LogP contribution in [0.2, 0.25) is 0 Å². The van der Waals surface area contributed by atoms with Gasteiger partial charge in [-0.3, -0.25) is 5.32 Å². The fourth-order valence-electron chi connectivity index (χ4n) is 1.89. The third-order valence-electron chi connectivity index (χ3n) is 2.98. The van der Waals surface area contributed by atoms with Gasteiger partial charge >= 0.3 is 0 Å². The summed E-state index contributed by atoms with van der Waals surface area (Å²) in [5.41, 5.74) is 7.18. The Balaban J connectivity index is 2.85. The number of ether oxygens (including phenoxy) is 1. The number of hydrogen-bond donors (Lipinski definition) is 3. The van der Waals surface area contributed by atoms with E-state index >= 15 is 0 Å². The molecule has 0 aliphatic rings. The molecule has 0 aliphatic heterocycles. The maximum atomic E-state index is 8.79. The van der Waals surface area contributed by atoms with E-state index in [9.17, 15) is 0 Å². The van der Waals surface area contributed by atoms with Crippen molar-refractivity contribution in [3.8, 4) is 18.1 Å². The van der Waals surface area contributed by atoms with Crippen LogP contribution >= 0.6 is 0 Å². The average Bonchev–Trinajstić information content (AvgIpc) is 2.50. The fraction of sp³-hybridized carbons (Fsp3) is 0.400. The van der Waals surface area contributed by atoms with Crippen LogP contribution in [0, 0.1) is 12.3 Å². The number of oxime groups is 1. The van der Waals surface area contributed by atoms with Gasteiger partial charge in [0.1, 0.15) is 5.75 Å². The topological polar surface area (TPSA) is 79.9 Å². The summed E-state index contributed by atoms with van der Waals surface area (Å²) in [5.74, 6) is 3.30. The van der Waals surface area contributed by atoms with Crippen molar-refractivity contribution in [3.63, 3.8) is 0 Å². The molecule has 0 heterocycles. The van der Waals surface area contributed by atoms with Crippen LogP contribution in [0.15, 0.2) is 23.4 Å². The summed E-state index contributed by atoms with van der Waals surface area (Å²) in [7, 11) is 1.54. The summed E-state index contributed by atoms with van der Waals surface area (Å²) in [4.78, 5) is 0. The maximum absolute atomic E-state index is 8.79. The molecule has 1 rings (SSSR count). The molecule has 0 bridgehead atoms. The summed E-state index contributed by atoms with van der Waals surface area (Å²) in [6.07, 6.45) is 7.42. The van der Waals surface area contributed by atoms with Crippen molar-refractivity contribution < 1.29 is 9.94 Å². The molecule has 0 fully saturated rings. The van der Waals surface area contributed by atoms with Crippen LogP contribution in [-0.4, -0.2) is 24.2 Å². The molecule has 4 N–H and O–H groups in total. The highest BCUT2D eigenvalue weighted by Gasteiger charge is 2.10. The highest BCUT2D eigenvalue weighted by Crippen LogP contribution is 2.19. The number of hydrogen-bond acceptors (Lipinski definition) is 4. The van der Waals surface area contributed by atoms with Gasteiger partial charge in [0.25, 0.3) is 0 Å². The molecule has 1 atom stereocenters. The zero-order chi connectivity index (χ0) is 15.0. The number of rotatable bonds is 7. The van der Waals surface area contributed by atoms with Gasteiger partial charge in [-0.05, 0) is 24.1 Å². The number of terminal acetylenes is 1. The molecule has 5 nitrogen and oxygen atoms in total. The van der Waals surface area contributed by atoms with Gasteiger partial charge in [0, 0.05) is 6.54 Å². The van der Waals surface area contributed by atoms with Crippen LogP contribution in [0.25, 0.3) is 0 Å². The second-order valence-corrected chi connectivity index (χ2v) is 4.41.